The Morgan fingerprint density at radius 3 is 2.33 bits per heavy atom. The molecule has 3 amide bonds. The van der Waals surface area contributed by atoms with Crippen LogP contribution in [-0.4, -0.2) is 29.2 Å². The number of rotatable bonds is 6. The van der Waals surface area contributed by atoms with Crippen LogP contribution in [0.4, 0.5) is 21.9 Å². The first kappa shape index (κ1) is 23.8. The van der Waals surface area contributed by atoms with Gasteiger partial charge in [-0.2, -0.15) is 5.10 Å². The molecule has 0 aromatic heterocycles. The van der Waals surface area contributed by atoms with Crippen LogP contribution in [0, 0.1) is 5.92 Å². The third-order valence-electron chi connectivity index (χ3n) is 6.82. The first-order valence-electron chi connectivity index (χ1n) is 12.6. The van der Waals surface area contributed by atoms with Gasteiger partial charge < -0.3 is 11.1 Å². The van der Waals surface area contributed by atoms with E-state index in [0.717, 1.165) is 35.4 Å². The van der Waals surface area contributed by atoms with Crippen molar-refractivity contribution in [2.24, 2.45) is 16.8 Å². The molecule has 7 heteroatoms. The van der Waals surface area contributed by atoms with Gasteiger partial charge in [0, 0.05) is 17.2 Å². The van der Waals surface area contributed by atoms with E-state index in [1.807, 2.05) is 60.7 Å². The van der Waals surface area contributed by atoms with E-state index in [1.165, 1.54) is 19.3 Å². The van der Waals surface area contributed by atoms with Crippen LogP contribution in [0.1, 0.15) is 43.2 Å². The molecule has 1 aliphatic heterocycles. The van der Waals surface area contributed by atoms with Crippen molar-refractivity contribution < 1.29 is 9.59 Å². The van der Waals surface area contributed by atoms with Crippen LogP contribution >= 0.6 is 0 Å². The van der Waals surface area contributed by atoms with Crippen molar-refractivity contribution in [1.29, 1.82) is 0 Å². The number of para-hydroxylation sites is 1. The molecule has 3 N–H and O–H groups in total. The number of hydrogen-bond donors (Lipinski definition) is 2. The maximum Gasteiger partial charge on any atom is 0.349 e. The smallest absolute Gasteiger partial charge is 0.325 e. The highest BCUT2D eigenvalue weighted by molar-refractivity contribution is 6.13. The van der Waals surface area contributed by atoms with Gasteiger partial charge in [-0.15, -0.1) is 0 Å². The van der Waals surface area contributed by atoms with Crippen LogP contribution in [-0.2, 0) is 11.3 Å². The van der Waals surface area contributed by atoms with Crippen molar-refractivity contribution in [3.63, 3.8) is 0 Å². The van der Waals surface area contributed by atoms with Gasteiger partial charge in [0.15, 0.2) is 0 Å². The number of carbonyl (C=O) groups excluding carboxylic acids is 2. The van der Waals surface area contributed by atoms with E-state index in [0.29, 0.717) is 23.8 Å². The molecule has 5 rings (SSSR count). The number of nitrogens with two attached hydrogens (primary N) is 1. The Morgan fingerprint density at radius 2 is 1.61 bits per heavy atom. The van der Waals surface area contributed by atoms with Crippen LogP contribution < -0.4 is 16.0 Å². The Hall–Kier alpha value is -3.97. The minimum atomic E-state index is -0.265. The summed E-state index contributed by atoms with van der Waals surface area (Å²) in [5, 5.41) is 9.40. The zero-order chi connectivity index (χ0) is 24.9. The van der Waals surface area contributed by atoms with Crippen molar-refractivity contribution in [2.75, 3.05) is 16.8 Å². The number of nitrogens with zero attached hydrogens (tertiary/aromatic N) is 3. The van der Waals surface area contributed by atoms with E-state index < -0.39 is 0 Å². The van der Waals surface area contributed by atoms with E-state index in [9.17, 15) is 9.59 Å². The maximum absolute atomic E-state index is 14.1. The fourth-order valence-corrected chi connectivity index (χ4v) is 5.02. The number of fused-ring (bicyclic) bond motifs is 1. The number of nitrogens with one attached hydrogen (secondary N) is 1. The summed E-state index contributed by atoms with van der Waals surface area (Å²) in [6.45, 7) is 0.292. The maximum atomic E-state index is 14.1. The third kappa shape index (κ3) is 5.02. The number of hydrazone groups is 1. The van der Waals surface area contributed by atoms with E-state index >= 15 is 0 Å². The summed E-state index contributed by atoms with van der Waals surface area (Å²) in [6, 6.07) is 25.0. The Kier molecular flexibility index (Phi) is 7.09. The average Bonchev–Trinajstić information content (AvgIpc) is 3.04. The molecule has 0 bridgehead atoms. The molecule has 0 radical (unpaired) electrons. The van der Waals surface area contributed by atoms with Gasteiger partial charge in [0.2, 0.25) is 5.91 Å². The zero-order valence-corrected chi connectivity index (χ0v) is 20.3. The van der Waals surface area contributed by atoms with E-state index in [4.69, 9.17) is 10.8 Å². The second-order valence-corrected chi connectivity index (χ2v) is 9.30. The van der Waals surface area contributed by atoms with Crippen molar-refractivity contribution in [2.45, 2.75) is 38.6 Å². The largest absolute Gasteiger partial charge is 0.349 e. The summed E-state index contributed by atoms with van der Waals surface area (Å²) < 4.78 is 0. The lowest BCUT2D eigenvalue weighted by atomic mass is 9.83. The first-order valence-corrected chi connectivity index (χ1v) is 12.6. The van der Waals surface area contributed by atoms with Gasteiger partial charge in [0.1, 0.15) is 0 Å². The molecule has 1 saturated carbocycles. The number of amides is 3. The Labute approximate surface area is 211 Å². The fourth-order valence-electron chi connectivity index (χ4n) is 5.02. The second-order valence-electron chi connectivity index (χ2n) is 9.30. The van der Waals surface area contributed by atoms with Crippen LogP contribution in [0.2, 0.25) is 0 Å². The van der Waals surface area contributed by atoms with Gasteiger partial charge in [0.05, 0.1) is 30.2 Å². The molecular formula is C29H31N5O2. The minimum absolute atomic E-state index is 0.0878. The summed E-state index contributed by atoms with van der Waals surface area (Å²) in [5.74, 6) is 0.0540. The Bertz CT molecular complexity index is 1250. The van der Waals surface area contributed by atoms with Gasteiger partial charge >= 0.3 is 6.03 Å². The molecular weight excluding hydrogens is 450 g/mol. The normalized spacial score (nSPS) is 16.2. The number of hydrogen-bond acceptors (Lipinski definition) is 4. The summed E-state index contributed by atoms with van der Waals surface area (Å²) in [4.78, 5) is 27.5. The summed E-state index contributed by atoms with van der Waals surface area (Å²) in [6.07, 6.45) is 5.76. The molecule has 0 unspecified atom stereocenters. The number of urea groups is 1. The molecule has 0 atom stereocenters. The Balaban J connectivity index is 1.58. The second kappa shape index (κ2) is 10.7. The van der Waals surface area contributed by atoms with Crippen LogP contribution in [0.25, 0.3) is 0 Å². The number of benzene rings is 3. The molecule has 2 aliphatic rings. The molecule has 3 aromatic carbocycles. The summed E-state index contributed by atoms with van der Waals surface area (Å²) >= 11 is 0. The molecule has 0 spiro atoms. The third-order valence-corrected chi connectivity index (χ3v) is 6.82. The summed E-state index contributed by atoms with van der Waals surface area (Å²) in [5.41, 5.74) is 10.6. The quantitative estimate of drug-likeness (QED) is 0.477. The molecule has 0 saturated heterocycles. The van der Waals surface area contributed by atoms with Crippen molar-refractivity contribution in [1.82, 2.24) is 5.01 Å². The molecule has 184 valence electrons. The molecule has 3 aromatic rings. The van der Waals surface area contributed by atoms with Crippen molar-refractivity contribution in [3.8, 4) is 0 Å². The van der Waals surface area contributed by atoms with Gasteiger partial charge in [-0.3, -0.25) is 9.69 Å². The fraction of sp³-hybridized carbons (Fsp3) is 0.276. The van der Waals surface area contributed by atoms with Gasteiger partial charge in [-0.25, -0.2) is 9.80 Å². The predicted molar refractivity (Wildman–Crippen MR) is 143 cm³/mol. The average molecular weight is 482 g/mol. The van der Waals surface area contributed by atoms with E-state index in [-0.39, 0.29) is 18.5 Å². The number of anilines is 3. The highest BCUT2D eigenvalue weighted by Crippen LogP contribution is 2.38. The van der Waals surface area contributed by atoms with Gasteiger partial charge in [-0.1, -0.05) is 67.8 Å². The zero-order valence-electron chi connectivity index (χ0n) is 20.3. The van der Waals surface area contributed by atoms with Gasteiger partial charge in [0.25, 0.3) is 0 Å². The van der Waals surface area contributed by atoms with Crippen LogP contribution in [0.5, 0.6) is 0 Å². The highest BCUT2D eigenvalue weighted by atomic mass is 16.2. The van der Waals surface area contributed by atoms with Crippen molar-refractivity contribution >= 4 is 34.7 Å². The van der Waals surface area contributed by atoms with Gasteiger partial charge in [-0.05, 0) is 48.7 Å². The highest BCUT2D eigenvalue weighted by Gasteiger charge is 2.34. The van der Waals surface area contributed by atoms with Crippen LogP contribution in [0.15, 0.2) is 84.0 Å². The van der Waals surface area contributed by atoms with Crippen LogP contribution in [0.3, 0.4) is 0 Å². The number of carbonyl (C=O) groups is 2. The van der Waals surface area contributed by atoms with E-state index in [1.54, 1.807) is 22.0 Å². The lowest BCUT2D eigenvalue weighted by molar-refractivity contribution is -0.114. The van der Waals surface area contributed by atoms with E-state index in [2.05, 4.69) is 11.4 Å². The monoisotopic (exact) mass is 481 g/mol. The van der Waals surface area contributed by atoms with Crippen molar-refractivity contribution in [3.05, 3.63) is 90.0 Å². The Morgan fingerprint density at radius 1 is 0.917 bits per heavy atom. The minimum Gasteiger partial charge on any atom is -0.325 e. The predicted octanol–water partition coefficient (Wildman–Crippen LogP) is 5.64. The molecule has 36 heavy (non-hydrogen) atoms. The first-order chi connectivity index (χ1) is 17.6. The molecule has 1 aliphatic carbocycles. The standard InChI is InChI=1S/C29H31N5O2/c30-19-27(35)31-23-15-17-24(18-16-23)34-26-14-8-7-13-25(26)28(22-11-5-2-6-12-22)32-33(29(34)36)20-21-9-3-1-4-10-21/h1,3-4,7-10,13-18,22H,2,5-6,11-12,19-20,30H2,(H,31,35). The SMILES string of the molecule is NCC(=O)Nc1ccc(N2C(=O)N(Cc3ccccc3)N=C(C3CCCCC3)c3ccccc32)cc1. The lowest BCUT2D eigenvalue weighted by Crippen LogP contribution is -2.36. The summed E-state index contributed by atoms with van der Waals surface area (Å²) in [7, 11) is 0. The molecule has 7 nitrogen and oxygen atoms in total. The topological polar surface area (TPSA) is 91.0 Å². The molecule has 1 heterocycles. The lowest BCUT2D eigenvalue weighted by Gasteiger charge is -2.27. The molecule has 1 fully saturated rings.